The minimum atomic E-state index is -0.491. The number of anilines is 1. The number of nitrogens with one attached hydrogen (secondary N) is 2. The zero-order chi connectivity index (χ0) is 18.0. The van der Waals surface area contributed by atoms with Crippen molar-refractivity contribution < 1.29 is 4.79 Å². The maximum Gasteiger partial charge on any atom is 0.261 e. The Balaban J connectivity index is 2.06. The molecule has 0 spiro atoms. The molecule has 2 aromatic carbocycles. The Morgan fingerprint density at radius 2 is 1.80 bits per heavy atom. The number of hydrogen-bond acceptors (Lipinski definition) is 2. The number of aromatic nitrogens is 1. The van der Waals surface area contributed by atoms with Crippen LogP contribution < -0.4 is 10.9 Å². The number of pyridine rings is 1. The Bertz CT molecular complexity index is 971. The van der Waals surface area contributed by atoms with Gasteiger partial charge in [0.25, 0.3) is 11.5 Å². The summed E-state index contributed by atoms with van der Waals surface area (Å²) < 4.78 is 0. The molecule has 0 fully saturated rings. The van der Waals surface area contributed by atoms with E-state index in [2.05, 4.69) is 10.3 Å². The van der Waals surface area contributed by atoms with Gasteiger partial charge in [-0.15, -0.1) is 0 Å². The molecule has 1 heterocycles. The summed E-state index contributed by atoms with van der Waals surface area (Å²) in [6.07, 6.45) is 1.53. The van der Waals surface area contributed by atoms with Gasteiger partial charge in [0.2, 0.25) is 0 Å². The highest BCUT2D eigenvalue weighted by Crippen LogP contribution is 2.28. The third kappa shape index (κ3) is 3.49. The number of hydrogen-bond donors (Lipinski definition) is 2. The predicted octanol–water partition coefficient (Wildman–Crippen LogP) is 4.56. The third-order valence-corrected chi connectivity index (χ3v) is 4.24. The summed E-state index contributed by atoms with van der Waals surface area (Å²) >= 11 is 6.26. The lowest BCUT2D eigenvalue weighted by atomic mass is 10.0. The molecule has 25 heavy (non-hydrogen) atoms. The summed E-state index contributed by atoms with van der Waals surface area (Å²) in [7, 11) is 0. The number of aryl methyl sites for hydroxylation is 2. The van der Waals surface area contributed by atoms with E-state index in [0.29, 0.717) is 16.3 Å². The van der Waals surface area contributed by atoms with Crippen LogP contribution >= 0.6 is 11.6 Å². The lowest BCUT2D eigenvalue weighted by Crippen LogP contribution is -2.24. The van der Waals surface area contributed by atoms with Gasteiger partial charge < -0.3 is 10.3 Å². The molecule has 5 heteroatoms. The first-order valence-electron chi connectivity index (χ1n) is 7.82. The molecular formula is C20H17ClN2O2. The number of H-pyrrole nitrogens is 1. The van der Waals surface area contributed by atoms with Crippen LogP contribution in [-0.2, 0) is 0 Å². The van der Waals surface area contributed by atoms with Gasteiger partial charge in [-0.2, -0.15) is 0 Å². The Labute approximate surface area is 150 Å². The maximum absolute atomic E-state index is 12.8. The van der Waals surface area contributed by atoms with E-state index in [1.165, 1.54) is 6.20 Å². The first kappa shape index (κ1) is 17.0. The Hall–Kier alpha value is -2.85. The highest BCUT2D eigenvalue weighted by Gasteiger charge is 2.19. The molecule has 0 aliphatic rings. The summed E-state index contributed by atoms with van der Waals surface area (Å²) in [6, 6.07) is 14.7. The van der Waals surface area contributed by atoms with Crippen LogP contribution in [0.15, 0.2) is 59.5 Å². The average Bonchev–Trinajstić information content (AvgIpc) is 2.58. The molecule has 0 saturated heterocycles. The van der Waals surface area contributed by atoms with Crippen molar-refractivity contribution in [3.63, 3.8) is 0 Å². The van der Waals surface area contributed by atoms with Gasteiger partial charge in [0.05, 0.1) is 10.7 Å². The van der Waals surface area contributed by atoms with Crippen molar-refractivity contribution in [2.45, 2.75) is 13.8 Å². The van der Waals surface area contributed by atoms with E-state index in [0.717, 1.165) is 16.7 Å². The third-order valence-electron chi connectivity index (χ3n) is 3.94. The molecule has 3 rings (SSSR count). The highest BCUT2D eigenvalue weighted by atomic mass is 35.5. The number of benzene rings is 2. The first-order chi connectivity index (χ1) is 12.0. The lowest BCUT2D eigenvalue weighted by Gasteiger charge is -2.13. The van der Waals surface area contributed by atoms with Crippen molar-refractivity contribution in [1.82, 2.24) is 4.98 Å². The van der Waals surface area contributed by atoms with Crippen LogP contribution in [0.3, 0.4) is 0 Å². The zero-order valence-corrected chi connectivity index (χ0v) is 14.6. The summed E-state index contributed by atoms with van der Waals surface area (Å²) in [5.41, 5.74) is 3.34. The fourth-order valence-electron chi connectivity index (χ4n) is 2.81. The maximum atomic E-state index is 12.8. The van der Waals surface area contributed by atoms with Gasteiger partial charge in [0.1, 0.15) is 5.56 Å². The predicted molar refractivity (Wildman–Crippen MR) is 101 cm³/mol. The highest BCUT2D eigenvalue weighted by molar-refractivity contribution is 6.34. The van der Waals surface area contributed by atoms with Gasteiger partial charge in [-0.25, -0.2) is 0 Å². The second-order valence-electron chi connectivity index (χ2n) is 5.85. The molecule has 0 radical (unpaired) electrons. The SMILES string of the molecule is Cc1cc(C)c(NC(=O)c2c(-c3ccccc3)cc[nH]c2=O)c(Cl)c1. The van der Waals surface area contributed by atoms with E-state index >= 15 is 0 Å². The molecule has 126 valence electrons. The number of amides is 1. The number of carbonyl (C=O) groups excluding carboxylic acids is 1. The molecule has 0 aliphatic carbocycles. The quantitative estimate of drug-likeness (QED) is 0.725. The molecule has 0 bridgehead atoms. The molecule has 1 amide bonds. The van der Waals surface area contributed by atoms with Crippen LogP contribution in [0.25, 0.3) is 11.1 Å². The molecule has 1 aromatic heterocycles. The Morgan fingerprint density at radius 3 is 2.48 bits per heavy atom. The minimum Gasteiger partial charge on any atom is -0.328 e. The molecular weight excluding hydrogens is 336 g/mol. The zero-order valence-electron chi connectivity index (χ0n) is 13.9. The minimum absolute atomic E-state index is 0.0599. The first-order valence-corrected chi connectivity index (χ1v) is 8.20. The van der Waals surface area contributed by atoms with E-state index in [1.807, 2.05) is 50.2 Å². The molecule has 0 saturated carbocycles. The molecule has 0 aliphatic heterocycles. The number of carbonyl (C=O) groups is 1. The van der Waals surface area contributed by atoms with Crippen LogP contribution in [0.4, 0.5) is 5.69 Å². The van der Waals surface area contributed by atoms with E-state index in [4.69, 9.17) is 11.6 Å². The summed E-state index contributed by atoms with van der Waals surface area (Å²) in [5, 5.41) is 3.23. The van der Waals surface area contributed by atoms with Crippen LogP contribution in [0.2, 0.25) is 5.02 Å². The Morgan fingerprint density at radius 1 is 1.08 bits per heavy atom. The van der Waals surface area contributed by atoms with Crippen LogP contribution in [0.1, 0.15) is 21.5 Å². The van der Waals surface area contributed by atoms with E-state index in [1.54, 1.807) is 12.1 Å². The van der Waals surface area contributed by atoms with E-state index in [9.17, 15) is 9.59 Å². The molecule has 2 N–H and O–H groups in total. The topological polar surface area (TPSA) is 62.0 Å². The largest absolute Gasteiger partial charge is 0.328 e. The molecule has 0 atom stereocenters. The van der Waals surface area contributed by atoms with Crippen molar-refractivity contribution in [3.05, 3.63) is 86.8 Å². The van der Waals surface area contributed by atoms with Crippen molar-refractivity contribution in [3.8, 4) is 11.1 Å². The van der Waals surface area contributed by atoms with E-state index in [-0.39, 0.29) is 5.56 Å². The van der Waals surface area contributed by atoms with Gasteiger partial charge in [-0.1, -0.05) is 48.0 Å². The van der Waals surface area contributed by atoms with Crippen LogP contribution in [0.5, 0.6) is 0 Å². The van der Waals surface area contributed by atoms with E-state index < -0.39 is 11.5 Å². The van der Waals surface area contributed by atoms with Gasteiger partial charge in [0, 0.05) is 11.8 Å². The number of rotatable bonds is 3. The number of aromatic amines is 1. The molecule has 0 unspecified atom stereocenters. The lowest BCUT2D eigenvalue weighted by molar-refractivity contribution is 0.102. The van der Waals surface area contributed by atoms with Crippen LogP contribution in [-0.4, -0.2) is 10.9 Å². The second-order valence-corrected chi connectivity index (χ2v) is 6.26. The van der Waals surface area contributed by atoms with Crippen LogP contribution in [0, 0.1) is 13.8 Å². The summed E-state index contributed by atoms with van der Waals surface area (Å²) in [4.78, 5) is 27.7. The van der Waals surface area contributed by atoms with Crippen molar-refractivity contribution in [2.75, 3.05) is 5.32 Å². The molecule has 3 aromatic rings. The van der Waals surface area contributed by atoms with Gasteiger partial charge in [-0.3, -0.25) is 9.59 Å². The fourth-order valence-corrected chi connectivity index (χ4v) is 3.18. The monoisotopic (exact) mass is 352 g/mol. The smallest absolute Gasteiger partial charge is 0.261 e. The average molecular weight is 353 g/mol. The second kappa shape index (κ2) is 6.95. The number of halogens is 1. The van der Waals surface area contributed by atoms with Crippen molar-refractivity contribution >= 4 is 23.2 Å². The van der Waals surface area contributed by atoms with Gasteiger partial charge in [-0.05, 0) is 42.7 Å². The molecule has 4 nitrogen and oxygen atoms in total. The standard InChI is InChI=1S/C20H17ClN2O2/c1-12-10-13(2)18(16(21)11-12)23-20(25)17-15(8-9-22-19(17)24)14-6-4-3-5-7-14/h3-11H,1-2H3,(H,22,24)(H,23,25). The van der Waals surface area contributed by atoms with Gasteiger partial charge >= 0.3 is 0 Å². The van der Waals surface area contributed by atoms with Gasteiger partial charge in [0.15, 0.2) is 0 Å². The normalized spacial score (nSPS) is 10.5. The summed E-state index contributed by atoms with van der Waals surface area (Å²) in [6.45, 7) is 3.79. The summed E-state index contributed by atoms with van der Waals surface area (Å²) in [5.74, 6) is -0.491. The fraction of sp³-hybridized carbons (Fsp3) is 0.100. The Kier molecular flexibility index (Phi) is 4.72. The van der Waals surface area contributed by atoms with Crippen molar-refractivity contribution in [2.24, 2.45) is 0 Å². The van der Waals surface area contributed by atoms with Crippen molar-refractivity contribution in [1.29, 1.82) is 0 Å².